The maximum atomic E-state index is 12.7. The molecule has 0 aromatic heterocycles. The molecule has 0 aromatic carbocycles. The van der Waals surface area contributed by atoms with Gasteiger partial charge in [-0.15, -0.1) is 0 Å². The van der Waals surface area contributed by atoms with Gasteiger partial charge in [0.25, 0.3) is 0 Å². The number of ether oxygens (including phenoxy) is 3. The number of aliphatic imine (C=N–C) groups is 1. The molecule has 150 valence electrons. The van der Waals surface area contributed by atoms with Gasteiger partial charge in [-0.2, -0.15) is 4.99 Å². The van der Waals surface area contributed by atoms with Crippen molar-refractivity contribution in [3.8, 4) is 0 Å². The van der Waals surface area contributed by atoms with Gasteiger partial charge in [-0.05, 0) is 52.4 Å². The van der Waals surface area contributed by atoms with Crippen LogP contribution in [-0.4, -0.2) is 48.9 Å². The smallest absolute Gasteiger partial charge is 0.241 e. The summed E-state index contributed by atoms with van der Waals surface area (Å²) < 4.78 is 18.2. The average molecular weight is 378 g/mol. The van der Waals surface area contributed by atoms with Crippen molar-refractivity contribution < 1.29 is 19.0 Å². The van der Waals surface area contributed by atoms with Crippen molar-refractivity contribution >= 4 is 17.7 Å². The molecular formula is C19H30N4O4. The van der Waals surface area contributed by atoms with Crippen molar-refractivity contribution in [2.75, 3.05) is 13.2 Å². The van der Waals surface area contributed by atoms with Gasteiger partial charge in [0.2, 0.25) is 11.9 Å². The van der Waals surface area contributed by atoms with Crippen LogP contribution in [0.2, 0.25) is 0 Å². The summed E-state index contributed by atoms with van der Waals surface area (Å²) in [6.45, 7) is 7.40. The highest BCUT2D eigenvalue weighted by Gasteiger charge is 2.79. The SMILES string of the molecule is CC(C)(C)OC[C@H]1C[C@@H]2[C@H]([C@@H]1OC1CCCCO1)C21C(=O)NC(=N)N=C1N. The Hall–Kier alpha value is -1.51. The molecule has 8 heteroatoms. The zero-order chi connectivity index (χ0) is 19.4. The molecule has 6 atom stereocenters. The summed E-state index contributed by atoms with van der Waals surface area (Å²) in [7, 11) is 0. The van der Waals surface area contributed by atoms with Crippen molar-refractivity contribution in [2.45, 2.75) is 64.4 Å². The van der Waals surface area contributed by atoms with E-state index in [0.717, 1.165) is 25.7 Å². The Labute approximate surface area is 159 Å². The van der Waals surface area contributed by atoms with Crippen molar-refractivity contribution in [1.82, 2.24) is 5.32 Å². The topological polar surface area (TPSA) is 119 Å². The number of guanidine groups is 1. The predicted molar refractivity (Wildman–Crippen MR) is 99.2 cm³/mol. The molecule has 4 rings (SSSR count). The maximum Gasteiger partial charge on any atom is 0.241 e. The van der Waals surface area contributed by atoms with Crippen molar-refractivity contribution in [3.05, 3.63) is 0 Å². The molecule has 2 saturated carbocycles. The Morgan fingerprint density at radius 2 is 2.19 bits per heavy atom. The van der Waals surface area contributed by atoms with Gasteiger partial charge in [0.1, 0.15) is 11.3 Å². The number of carbonyl (C=O) groups excluding carboxylic acids is 1. The molecule has 2 aliphatic heterocycles. The third kappa shape index (κ3) is 3.17. The average Bonchev–Trinajstić information content (AvgIpc) is 3.11. The van der Waals surface area contributed by atoms with Crippen molar-refractivity contribution in [1.29, 1.82) is 5.41 Å². The highest BCUT2D eigenvalue weighted by molar-refractivity contribution is 6.21. The lowest BCUT2D eigenvalue weighted by molar-refractivity contribution is -0.206. The first-order valence-corrected chi connectivity index (χ1v) is 9.89. The van der Waals surface area contributed by atoms with E-state index in [1.807, 2.05) is 20.8 Å². The molecule has 0 bridgehead atoms. The van der Waals surface area contributed by atoms with E-state index in [0.29, 0.717) is 13.2 Å². The molecule has 2 unspecified atom stereocenters. The van der Waals surface area contributed by atoms with E-state index in [4.69, 9.17) is 25.4 Å². The van der Waals surface area contributed by atoms with Gasteiger partial charge in [0.15, 0.2) is 6.29 Å². The summed E-state index contributed by atoms with van der Waals surface area (Å²) in [4.78, 5) is 16.8. The minimum absolute atomic E-state index is 0.0338. The quantitative estimate of drug-likeness (QED) is 0.683. The lowest BCUT2D eigenvalue weighted by atomic mass is 9.86. The van der Waals surface area contributed by atoms with Crippen LogP contribution in [0, 0.1) is 28.6 Å². The first-order chi connectivity index (χ1) is 12.7. The first-order valence-electron chi connectivity index (χ1n) is 9.89. The Balaban J connectivity index is 1.55. The van der Waals surface area contributed by atoms with Crippen LogP contribution >= 0.6 is 0 Å². The number of carbonyl (C=O) groups is 1. The van der Waals surface area contributed by atoms with E-state index in [1.165, 1.54) is 0 Å². The summed E-state index contributed by atoms with van der Waals surface area (Å²) in [6.07, 6.45) is 3.42. The molecule has 27 heavy (non-hydrogen) atoms. The molecule has 1 spiro atoms. The number of rotatable bonds is 4. The Kier molecular flexibility index (Phi) is 4.56. The fourth-order valence-electron chi connectivity index (χ4n) is 5.02. The Morgan fingerprint density at radius 1 is 1.41 bits per heavy atom. The number of nitrogens with one attached hydrogen (secondary N) is 2. The van der Waals surface area contributed by atoms with Crippen LogP contribution in [0.3, 0.4) is 0 Å². The Bertz CT molecular complexity index is 667. The normalized spacial score (nSPS) is 41.3. The van der Waals surface area contributed by atoms with Crippen molar-refractivity contribution in [2.24, 2.45) is 33.9 Å². The maximum absolute atomic E-state index is 12.7. The summed E-state index contributed by atoms with van der Waals surface area (Å²) in [6, 6.07) is 0. The lowest BCUT2D eigenvalue weighted by Gasteiger charge is -2.35. The summed E-state index contributed by atoms with van der Waals surface area (Å²) in [5, 5.41) is 10.2. The van der Waals surface area contributed by atoms with Crippen LogP contribution in [0.15, 0.2) is 4.99 Å². The van der Waals surface area contributed by atoms with E-state index in [2.05, 4.69) is 10.3 Å². The molecule has 1 amide bonds. The van der Waals surface area contributed by atoms with Crippen LogP contribution in [0.5, 0.6) is 0 Å². The molecule has 1 saturated heterocycles. The third-order valence-electron chi connectivity index (χ3n) is 6.25. The summed E-state index contributed by atoms with van der Waals surface area (Å²) in [5.41, 5.74) is 5.10. The van der Waals surface area contributed by atoms with E-state index >= 15 is 0 Å². The third-order valence-corrected chi connectivity index (χ3v) is 6.25. The molecule has 3 fully saturated rings. The van der Waals surface area contributed by atoms with Gasteiger partial charge in [0.05, 0.1) is 18.3 Å². The fraction of sp³-hybridized carbons (Fsp3) is 0.842. The molecular weight excluding hydrogens is 348 g/mol. The van der Waals surface area contributed by atoms with Gasteiger partial charge in [0, 0.05) is 18.4 Å². The zero-order valence-electron chi connectivity index (χ0n) is 16.3. The number of fused-ring (bicyclic) bond motifs is 3. The Morgan fingerprint density at radius 3 is 2.81 bits per heavy atom. The number of amidine groups is 1. The summed E-state index contributed by atoms with van der Waals surface area (Å²) in [5.74, 6) is 0.0825. The largest absolute Gasteiger partial charge is 0.386 e. The second kappa shape index (κ2) is 6.53. The van der Waals surface area contributed by atoms with Crippen LogP contribution in [0.25, 0.3) is 0 Å². The molecule has 2 aliphatic carbocycles. The van der Waals surface area contributed by atoms with Crippen LogP contribution in [0.4, 0.5) is 0 Å². The van der Waals surface area contributed by atoms with Gasteiger partial charge in [-0.3, -0.25) is 15.5 Å². The fourth-order valence-corrected chi connectivity index (χ4v) is 5.02. The number of hydrogen-bond acceptors (Lipinski definition) is 6. The molecule has 0 radical (unpaired) electrons. The highest BCUT2D eigenvalue weighted by atomic mass is 16.7. The van der Waals surface area contributed by atoms with Gasteiger partial charge in [-0.1, -0.05) is 0 Å². The number of nitrogens with zero attached hydrogens (tertiary/aromatic N) is 1. The first kappa shape index (κ1) is 18.8. The standard InChI is InChI=1S/C19H30N4O4/c1-18(2,3)26-9-10-8-11-13(14(10)27-12-6-4-5-7-25-12)19(11)15(20)22-17(21)23-16(19)24/h10-14H,4-9H2,1-3H3,(H4,20,21,22,23,24)/t10-,11-,12?,13-,14-,19?/m1/s1. The zero-order valence-corrected chi connectivity index (χ0v) is 16.3. The van der Waals surface area contributed by atoms with E-state index < -0.39 is 5.41 Å². The number of hydrogen-bond donors (Lipinski definition) is 3. The highest BCUT2D eigenvalue weighted by Crippen LogP contribution is 2.70. The monoisotopic (exact) mass is 378 g/mol. The van der Waals surface area contributed by atoms with Gasteiger partial charge in [-0.25, -0.2) is 0 Å². The van der Waals surface area contributed by atoms with Gasteiger partial charge >= 0.3 is 0 Å². The second-order valence-electron chi connectivity index (χ2n) is 9.12. The minimum atomic E-state index is -0.831. The molecule has 2 heterocycles. The molecule has 4 aliphatic rings. The summed E-state index contributed by atoms with van der Waals surface area (Å²) >= 11 is 0. The molecule has 0 aromatic rings. The van der Waals surface area contributed by atoms with E-state index in [9.17, 15) is 4.79 Å². The van der Waals surface area contributed by atoms with Crippen LogP contribution in [-0.2, 0) is 19.0 Å². The van der Waals surface area contributed by atoms with Crippen LogP contribution in [0.1, 0.15) is 46.5 Å². The van der Waals surface area contributed by atoms with E-state index in [-0.39, 0.29) is 53.5 Å². The number of amides is 1. The second-order valence-corrected chi connectivity index (χ2v) is 9.12. The van der Waals surface area contributed by atoms with Gasteiger partial charge < -0.3 is 19.9 Å². The number of nitrogens with two attached hydrogens (primary N) is 1. The van der Waals surface area contributed by atoms with Crippen LogP contribution < -0.4 is 11.1 Å². The van der Waals surface area contributed by atoms with E-state index in [1.54, 1.807) is 0 Å². The lowest BCUT2D eigenvalue weighted by Crippen LogP contribution is -2.52. The molecule has 8 nitrogen and oxygen atoms in total. The van der Waals surface area contributed by atoms with Crippen molar-refractivity contribution in [3.63, 3.8) is 0 Å². The minimum Gasteiger partial charge on any atom is -0.386 e. The predicted octanol–water partition coefficient (Wildman–Crippen LogP) is 1.39. The molecule has 4 N–H and O–H groups in total.